The first-order chi connectivity index (χ1) is 17.8. The number of Topliss-reactive ketones (excluding diaryl/α,β-unsaturated/α-hetero) is 2. The molecule has 0 spiro atoms. The highest BCUT2D eigenvalue weighted by Crippen LogP contribution is 2.02. The Morgan fingerprint density at radius 2 is 1.16 bits per heavy atom. The van der Waals surface area contributed by atoms with Crippen LogP contribution in [0, 0.1) is 0 Å². The molecule has 0 aromatic heterocycles. The van der Waals surface area contributed by atoms with Gasteiger partial charge in [-0.1, -0.05) is 0 Å². The fourth-order valence-electron chi connectivity index (χ4n) is 2.35. The Hall–Kier alpha value is -2.49. The number of esters is 3. The summed E-state index contributed by atoms with van der Waals surface area (Å²) in [5.41, 5.74) is 0. The predicted octanol–water partition coefficient (Wildman–Crippen LogP) is -0.718. The first-order valence-electron chi connectivity index (χ1n) is 11.9. The second kappa shape index (κ2) is 23.9. The van der Waals surface area contributed by atoms with E-state index >= 15 is 0 Å². The Bertz CT molecular complexity index is 634. The molecule has 0 aliphatic carbocycles. The fourth-order valence-corrected chi connectivity index (χ4v) is 2.35. The molecule has 0 saturated carbocycles. The van der Waals surface area contributed by atoms with E-state index in [2.05, 4.69) is 14.2 Å². The van der Waals surface area contributed by atoms with Gasteiger partial charge >= 0.3 is 17.9 Å². The number of hydrogen-bond acceptors (Lipinski definition) is 14. The first kappa shape index (κ1) is 34.5. The minimum atomic E-state index is -1.09. The molecular formula is C23H38O14. The second-order valence-corrected chi connectivity index (χ2v) is 6.88. The molecule has 0 aromatic carbocycles. The summed E-state index contributed by atoms with van der Waals surface area (Å²) in [6, 6.07) is 0. The predicted molar refractivity (Wildman–Crippen MR) is 124 cm³/mol. The maximum atomic E-state index is 11.2. The van der Waals surface area contributed by atoms with Crippen LogP contribution in [0.25, 0.3) is 0 Å². The van der Waals surface area contributed by atoms with Crippen molar-refractivity contribution in [1.29, 1.82) is 0 Å². The van der Waals surface area contributed by atoms with Crippen LogP contribution in [-0.2, 0) is 66.6 Å². The maximum absolute atomic E-state index is 11.2. The lowest BCUT2D eigenvalue weighted by molar-refractivity contribution is -0.160. The summed E-state index contributed by atoms with van der Waals surface area (Å²) in [6.45, 7) is 8.34. The topological polar surface area (TPSA) is 168 Å². The smallest absolute Gasteiger partial charge is 0.343 e. The summed E-state index contributed by atoms with van der Waals surface area (Å²) in [6.07, 6.45) is -1.09. The first-order valence-corrected chi connectivity index (χ1v) is 11.9. The van der Waals surface area contributed by atoms with Gasteiger partial charge in [0.1, 0.15) is 33.0 Å². The van der Waals surface area contributed by atoms with Gasteiger partial charge in [-0.25, -0.2) is 14.4 Å². The molecule has 2 heterocycles. The minimum Gasteiger partial charge on any atom is -0.464 e. The summed E-state index contributed by atoms with van der Waals surface area (Å²) < 4.78 is 43.4. The van der Waals surface area contributed by atoms with Gasteiger partial charge in [-0.05, 0) is 20.8 Å². The molecule has 0 aromatic rings. The Morgan fingerprint density at radius 3 is 1.65 bits per heavy atom. The van der Waals surface area contributed by atoms with Crippen LogP contribution >= 0.6 is 0 Å². The SMILES string of the molecule is CCOC(=O)C1OCCOCC1=O.CCOC(=O)COCCOCC(=O)OCC.O=C1COCCOC1. The van der Waals surface area contributed by atoms with Crippen molar-refractivity contribution in [3.8, 4) is 0 Å². The molecule has 1 atom stereocenters. The highest BCUT2D eigenvalue weighted by atomic mass is 16.6. The van der Waals surface area contributed by atoms with Crippen LogP contribution in [0.4, 0.5) is 0 Å². The largest absolute Gasteiger partial charge is 0.464 e. The van der Waals surface area contributed by atoms with Crippen LogP contribution in [0.5, 0.6) is 0 Å². The molecule has 2 aliphatic heterocycles. The number of carbonyl (C=O) groups is 5. The quantitative estimate of drug-likeness (QED) is 0.140. The van der Waals surface area contributed by atoms with Crippen LogP contribution in [0.3, 0.4) is 0 Å². The number of carbonyl (C=O) groups excluding carboxylic acids is 5. The van der Waals surface area contributed by atoms with E-state index in [4.69, 9.17) is 28.4 Å². The highest BCUT2D eigenvalue weighted by molar-refractivity contribution is 6.02. The van der Waals surface area contributed by atoms with Gasteiger partial charge in [0.15, 0.2) is 11.6 Å². The Kier molecular flexibility index (Phi) is 22.3. The fraction of sp³-hybridized carbons (Fsp3) is 0.783. The average Bonchev–Trinajstić information content (AvgIpc) is 3.24. The number of ketones is 2. The second-order valence-electron chi connectivity index (χ2n) is 6.88. The van der Waals surface area contributed by atoms with Crippen LogP contribution in [0.2, 0.25) is 0 Å². The van der Waals surface area contributed by atoms with E-state index in [0.29, 0.717) is 33.0 Å². The van der Waals surface area contributed by atoms with Gasteiger partial charge in [0.05, 0.1) is 59.5 Å². The van der Waals surface area contributed by atoms with E-state index in [-0.39, 0.29) is 71.0 Å². The van der Waals surface area contributed by atoms with E-state index in [9.17, 15) is 24.0 Å². The van der Waals surface area contributed by atoms with Gasteiger partial charge < -0.3 is 42.6 Å². The molecule has 0 bridgehead atoms. The van der Waals surface area contributed by atoms with E-state index < -0.39 is 24.0 Å². The Balaban J connectivity index is 0.000000551. The minimum absolute atomic E-state index is 0.0301. The molecule has 2 saturated heterocycles. The molecule has 14 heteroatoms. The summed E-state index contributed by atoms with van der Waals surface area (Å²) in [4.78, 5) is 54.4. The molecule has 214 valence electrons. The van der Waals surface area contributed by atoms with Gasteiger partial charge in [-0.2, -0.15) is 0 Å². The highest BCUT2D eigenvalue weighted by Gasteiger charge is 2.30. The lowest BCUT2D eigenvalue weighted by Crippen LogP contribution is -2.35. The van der Waals surface area contributed by atoms with Crippen molar-refractivity contribution in [2.45, 2.75) is 26.9 Å². The van der Waals surface area contributed by atoms with Crippen LogP contribution in [0.1, 0.15) is 20.8 Å². The van der Waals surface area contributed by atoms with Crippen LogP contribution in [0.15, 0.2) is 0 Å². The lowest BCUT2D eigenvalue weighted by atomic mass is 10.2. The lowest BCUT2D eigenvalue weighted by Gasteiger charge is -2.10. The molecule has 0 amide bonds. The van der Waals surface area contributed by atoms with E-state index in [1.54, 1.807) is 20.8 Å². The van der Waals surface area contributed by atoms with Crippen molar-refractivity contribution in [1.82, 2.24) is 0 Å². The van der Waals surface area contributed by atoms with Gasteiger partial charge in [-0.3, -0.25) is 9.59 Å². The van der Waals surface area contributed by atoms with Crippen molar-refractivity contribution < 1.29 is 66.6 Å². The van der Waals surface area contributed by atoms with Gasteiger partial charge in [0.2, 0.25) is 6.10 Å². The van der Waals surface area contributed by atoms with Gasteiger partial charge in [0, 0.05) is 0 Å². The standard InChI is InChI=1S/C10H18O6.C8H12O5.C5H8O3/c1-3-15-9(11)7-13-5-6-14-8-10(12)16-4-2;1-2-12-8(10)7-6(9)5-11-3-4-13-7;6-5-3-7-1-2-8-4-5/h3-8H2,1-2H3;7H,2-5H2,1H3;1-4H2. The summed E-state index contributed by atoms with van der Waals surface area (Å²) in [5.74, 6) is -1.79. The average molecular weight is 539 g/mol. The number of hydrogen-bond donors (Lipinski definition) is 0. The van der Waals surface area contributed by atoms with Gasteiger partial charge in [-0.15, -0.1) is 0 Å². The van der Waals surface area contributed by atoms with Crippen molar-refractivity contribution >= 4 is 29.5 Å². The Morgan fingerprint density at radius 1 is 0.703 bits per heavy atom. The van der Waals surface area contributed by atoms with E-state index in [1.165, 1.54) is 0 Å². The summed E-state index contributed by atoms with van der Waals surface area (Å²) >= 11 is 0. The van der Waals surface area contributed by atoms with E-state index in [0.717, 1.165) is 0 Å². The zero-order valence-corrected chi connectivity index (χ0v) is 21.7. The van der Waals surface area contributed by atoms with Crippen LogP contribution in [-0.4, -0.2) is 128 Å². The zero-order valence-electron chi connectivity index (χ0n) is 21.7. The third-order valence-corrected chi connectivity index (χ3v) is 3.87. The zero-order chi connectivity index (χ0) is 27.7. The molecule has 2 fully saturated rings. The molecule has 2 rings (SSSR count). The van der Waals surface area contributed by atoms with E-state index in [1.807, 2.05) is 0 Å². The van der Waals surface area contributed by atoms with Crippen LogP contribution < -0.4 is 0 Å². The van der Waals surface area contributed by atoms with Crippen molar-refractivity contribution in [3.05, 3.63) is 0 Å². The molecular weight excluding hydrogens is 500 g/mol. The van der Waals surface area contributed by atoms with Crippen molar-refractivity contribution in [2.24, 2.45) is 0 Å². The molecule has 37 heavy (non-hydrogen) atoms. The summed E-state index contributed by atoms with van der Waals surface area (Å²) in [5, 5.41) is 0. The molecule has 2 aliphatic rings. The van der Waals surface area contributed by atoms with Crippen molar-refractivity contribution in [3.63, 3.8) is 0 Å². The summed E-state index contributed by atoms with van der Waals surface area (Å²) in [7, 11) is 0. The molecule has 0 radical (unpaired) electrons. The van der Waals surface area contributed by atoms with Gasteiger partial charge in [0.25, 0.3) is 0 Å². The maximum Gasteiger partial charge on any atom is 0.343 e. The molecule has 1 unspecified atom stereocenters. The number of rotatable bonds is 11. The Labute approximate surface area is 216 Å². The molecule has 14 nitrogen and oxygen atoms in total. The van der Waals surface area contributed by atoms with Crippen molar-refractivity contribution in [2.75, 3.05) is 92.5 Å². The monoisotopic (exact) mass is 538 g/mol. The normalized spacial score (nSPS) is 17.5. The number of ether oxygens (including phenoxy) is 9. The molecule has 0 N–H and O–H groups in total. The third kappa shape index (κ3) is 20.3. The third-order valence-electron chi connectivity index (χ3n) is 3.87.